The highest BCUT2D eigenvalue weighted by Gasteiger charge is 2.29. The molecule has 1 saturated heterocycles. The Balaban J connectivity index is 1.75. The molecule has 0 aliphatic carbocycles. The molecule has 1 atom stereocenters. The Morgan fingerprint density at radius 3 is 2.60 bits per heavy atom. The molecule has 2 aliphatic heterocycles. The van der Waals surface area contributed by atoms with Crippen LogP contribution in [0, 0.1) is 0 Å². The van der Waals surface area contributed by atoms with E-state index in [1.807, 2.05) is 12.1 Å². The molecule has 0 radical (unpaired) electrons. The van der Waals surface area contributed by atoms with Crippen LogP contribution >= 0.6 is 11.8 Å². The van der Waals surface area contributed by atoms with Crippen LogP contribution in [0.25, 0.3) is 0 Å². The Morgan fingerprint density at radius 1 is 1.12 bits per heavy atom. The number of aromatic carboxylic acids is 1. The van der Waals surface area contributed by atoms with Gasteiger partial charge in [0.25, 0.3) is 0 Å². The monoisotopic (exact) mass is 354 g/mol. The van der Waals surface area contributed by atoms with E-state index < -0.39 is 5.97 Å². The second kappa shape index (κ2) is 6.73. The zero-order valence-corrected chi connectivity index (χ0v) is 15.1. The quantitative estimate of drug-likeness (QED) is 0.877. The van der Waals surface area contributed by atoms with Crippen LogP contribution in [0.2, 0.25) is 0 Å². The number of fused-ring (bicyclic) bond motifs is 2. The number of hydrogen-bond acceptors (Lipinski definition) is 4. The Labute approximate surface area is 152 Å². The van der Waals surface area contributed by atoms with Crippen molar-refractivity contribution in [3.05, 3.63) is 48.0 Å². The third-order valence-corrected chi connectivity index (χ3v) is 6.10. The summed E-state index contributed by atoms with van der Waals surface area (Å²) in [5, 5.41) is 9.40. The topological polar surface area (TPSA) is 43.8 Å². The second-order valence-electron chi connectivity index (χ2n) is 6.78. The number of anilines is 2. The average Bonchev–Trinajstić information content (AvgIpc) is 3.11. The molecular formula is C20H22N2O2S. The highest BCUT2D eigenvalue weighted by Crippen LogP contribution is 2.49. The van der Waals surface area contributed by atoms with Crippen LogP contribution in [0.15, 0.2) is 52.3 Å². The number of carboxylic acids is 1. The summed E-state index contributed by atoms with van der Waals surface area (Å²) < 4.78 is 0. The van der Waals surface area contributed by atoms with Crippen LogP contribution in [0.1, 0.15) is 30.1 Å². The van der Waals surface area contributed by atoms with Crippen molar-refractivity contribution in [2.75, 3.05) is 24.5 Å². The van der Waals surface area contributed by atoms with E-state index >= 15 is 0 Å². The predicted octanol–water partition coefficient (Wildman–Crippen LogP) is 4.47. The maximum atomic E-state index is 11.5. The van der Waals surface area contributed by atoms with Gasteiger partial charge >= 0.3 is 5.97 Å². The van der Waals surface area contributed by atoms with Gasteiger partial charge in [-0.3, -0.25) is 0 Å². The van der Waals surface area contributed by atoms with E-state index in [0.29, 0.717) is 5.56 Å². The highest BCUT2D eigenvalue weighted by atomic mass is 32.2. The van der Waals surface area contributed by atoms with Crippen molar-refractivity contribution in [3.8, 4) is 0 Å². The number of benzene rings is 2. The standard InChI is InChI=1S/C20H22N2O2S/c1-14(13-21-10-4-5-11-21)22-16-6-2-3-7-18(16)25-19-9-8-15(20(23)24)12-17(19)22/h2-3,6-9,12,14H,4-5,10-11,13H2,1H3,(H,23,24)/t14-/m1/s1. The smallest absolute Gasteiger partial charge is 0.335 e. The van der Waals surface area contributed by atoms with Crippen molar-refractivity contribution in [3.63, 3.8) is 0 Å². The fraction of sp³-hybridized carbons (Fsp3) is 0.350. The molecule has 2 aromatic carbocycles. The average molecular weight is 354 g/mol. The number of rotatable bonds is 4. The number of hydrogen-bond donors (Lipinski definition) is 1. The number of nitrogens with zero attached hydrogens (tertiary/aromatic N) is 2. The lowest BCUT2D eigenvalue weighted by Crippen LogP contribution is -2.40. The first kappa shape index (κ1) is 16.5. The zero-order chi connectivity index (χ0) is 17.4. The van der Waals surface area contributed by atoms with Gasteiger partial charge in [-0.25, -0.2) is 4.79 Å². The minimum atomic E-state index is -0.876. The number of para-hydroxylation sites is 1. The first-order chi connectivity index (χ1) is 12.1. The maximum Gasteiger partial charge on any atom is 0.335 e. The molecule has 2 heterocycles. The lowest BCUT2D eigenvalue weighted by Gasteiger charge is -2.38. The summed E-state index contributed by atoms with van der Waals surface area (Å²) in [4.78, 5) is 18.6. The third-order valence-electron chi connectivity index (χ3n) is 4.97. The van der Waals surface area contributed by atoms with E-state index in [2.05, 4.69) is 41.0 Å². The van der Waals surface area contributed by atoms with Gasteiger partial charge in [0.1, 0.15) is 0 Å². The van der Waals surface area contributed by atoms with Crippen molar-refractivity contribution < 1.29 is 9.90 Å². The first-order valence-electron chi connectivity index (χ1n) is 8.79. The molecule has 25 heavy (non-hydrogen) atoms. The van der Waals surface area contributed by atoms with Crippen LogP contribution in [0.3, 0.4) is 0 Å². The van der Waals surface area contributed by atoms with Crippen molar-refractivity contribution in [2.24, 2.45) is 0 Å². The summed E-state index contributed by atoms with van der Waals surface area (Å²) in [5.74, 6) is -0.876. The van der Waals surface area contributed by atoms with Gasteiger partial charge in [0.15, 0.2) is 0 Å². The molecule has 0 saturated carbocycles. The lowest BCUT2D eigenvalue weighted by atomic mass is 10.1. The van der Waals surface area contributed by atoms with Gasteiger partial charge in [-0.1, -0.05) is 23.9 Å². The van der Waals surface area contributed by atoms with Gasteiger partial charge in [-0.15, -0.1) is 0 Å². The number of likely N-dealkylation sites (tertiary alicyclic amines) is 1. The second-order valence-corrected chi connectivity index (χ2v) is 7.87. The molecule has 0 bridgehead atoms. The van der Waals surface area contributed by atoms with Gasteiger partial charge in [0.2, 0.25) is 0 Å². The molecule has 2 aromatic rings. The Hall–Kier alpha value is -1.98. The third kappa shape index (κ3) is 3.14. The molecule has 5 heteroatoms. The Bertz CT molecular complexity index is 802. The molecule has 4 nitrogen and oxygen atoms in total. The molecule has 1 N–H and O–H groups in total. The molecule has 0 spiro atoms. The predicted molar refractivity (Wildman–Crippen MR) is 101 cm³/mol. The summed E-state index contributed by atoms with van der Waals surface area (Å²) in [7, 11) is 0. The van der Waals surface area contributed by atoms with Crippen LogP contribution in [-0.2, 0) is 0 Å². The van der Waals surface area contributed by atoms with E-state index in [9.17, 15) is 9.90 Å². The van der Waals surface area contributed by atoms with Crippen LogP contribution in [-0.4, -0.2) is 41.7 Å². The van der Waals surface area contributed by atoms with E-state index in [1.54, 1.807) is 17.8 Å². The Morgan fingerprint density at radius 2 is 1.84 bits per heavy atom. The van der Waals surface area contributed by atoms with Crippen LogP contribution in [0.5, 0.6) is 0 Å². The molecule has 0 amide bonds. The van der Waals surface area contributed by atoms with E-state index in [1.165, 1.54) is 23.4 Å². The van der Waals surface area contributed by atoms with Crippen LogP contribution < -0.4 is 4.90 Å². The number of carbonyl (C=O) groups is 1. The van der Waals surface area contributed by atoms with Crippen LogP contribution in [0.4, 0.5) is 11.4 Å². The highest BCUT2D eigenvalue weighted by molar-refractivity contribution is 7.99. The molecule has 0 unspecified atom stereocenters. The molecule has 2 aliphatic rings. The normalized spacial score (nSPS) is 17.9. The van der Waals surface area contributed by atoms with Gasteiger partial charge in [0, 0.05) is 22.4 Å². The zero-order valence-electron chi connectivity index (χ0n) is 14.3. The van der Waals surface area contributed by atoms with Crippen molar-refractivity contribution in [1.29, 1.82) is 0 Å². The summed E-state index contributed by atoms with van der Waals surface area (Å²) in [6.45, 7) is 5.56. The minimum absolute atomic E-state index is 0.281. The maximum absolute atomic E-state index is 11.5. The Kier molecular flexibility index (Phi) is 4.44. The molecular weight excluding hydrogens is 332 g/mol. The van der Waals surface area contributed by atoms with E-state index in [4.69, 9.17) is 0 Å². The number of carboxylic acid groups (broad SMARTS) is 1. The SMILES string of the molecule is C[C@H](CN1CCCC1)N1c2ccccc2Sc2ccc(C(=O)O)cc21. The fourth-order valence-corrected chi connectivity index (χ4v) is 4.86. The molecule has 0 aromatic heterocycles. The van der Waals surface area contributed by atoms with E-state index in [0.717, 1.165) is 30.2 Å². The molecule has 4 rings (SSSR count). The largest absolute Gasteiger partial charge is 0.478 e. The van der Waals surface area contributed by atoms with Gasteiger partial charge in [-0.05, 0) is 63.2 Å². The summed E-state index contributed by atoms with van der Waals surface area (Å²) >= 11 is 1.72. The van der Waals surface area contributed by atoms with Gasteiger partial charge in [0.05, 0.1) is 16.9 Å². The minimum Gasteiger partial charge on any atom is -0.478 e. The van der Waals surface area contributed by atoms with Gasteiger partial charge in [-0.2, -0.15) is 0 Å². The van der Waals surface area contributed by atoms with Crippen molar-refractivity contribution in [1.82, 2.24) is 4.90 Å². The van der Waals surface area contributed by atoms with Crippen molar-refractivity contribution >= 4 is 29.1 Å². The van der Waals surface area contributed by atoms with Crippen molar-refractivity contribution in [2.45, 2.75) is 35.6 Å². The lowest BCUT2D eigenvalue weighted by molar-refractivity contribution is 0.0697. The molecule has 130 valence electrons. The summed E-state index contributed by atoms with van der Waals surface area (Å²) in [6.07, 6.45) is 2.55. The van der Waals surface area contributed by atoms with Gasteiger partial charge < -0.3 is 14.9 Å². The summed E-state index contributed by atoms with van der Waals surface area (Å²) in [6, 6.07) is 14.1. The molecule has 1 fully saturated rings. The van der Waals surface area contributed by atoms with E-state index in [-0.39, 0.29) is 6.04 Å². The fourth-order valence-electron chi connectivity index (χ4n) is 3.81. The summed E-state index contributed by atoms with van der Waals surface area (Å²) in [5.41, 5.74) is 2.53. The first-order valence-corrected chi connectivity index (χ1v) is 9.61.